The summed E-state index contributed by atoms with van der Waals surface area (Å²) < 4.78 is 29.2. The number of benzene rings is 1. The predicted molar refractivity (Wildman–Crippen MR) is 88.6 cm³/mol. The lowest BCUT2D eigenvalue weighted by Crippen LogP contribution is -2.39. The van der Waals surface area contributed by atoms with Crippen molar-refractivity contribution in [2.75, 3.05) is 6.54 Å². The van der Waals surface area contributed by atoms with Gasteiger partial charge in [0.2, 0.25) is 5.91 Å². The second-order valence-electron chi connectivity index (χ2n) is 6.51. The molecular formula is C18H22F2N2O2. The third kappa shape index (κ3) is 5.08. The zero-order chi connectivity index (χ0) is 17.7. The highest BCUT2D eigenvalue weighted by Gasteiger charge is 2.19. The lowest BCUT2D eigenvalue weighted by Gasteiger charge is -2.35. The van der Waals surface area contributed by atoms with Gasteiger partial charge in [0.05, 0.1) is 6.42 Å². The van der Waals surface area contributed by atoms with Gasteiger partial charge in [0.25, 0.3) is 0 Å². The van der Waals surface area contributed by atoms with Crippen LogP contribution in [-0.4, -0.2) is 29.5 Å². The SMILES string of the molecule is CC(C)(C)N1C=CC(NC(=O)Cc2ccccc2OC(F)F)=CC1. The summed E-state index contributed by atoms with van der Waals surface area (Å²) >= 11 is 0. The van der Waals surface area contributed by atoms with Gasteiger partial charge in [-0.1, -0.05) is 18.2 Å². The van der Waals surface area contributed by atoms with Crippen molar-refractivity contribution in [3.63, 3.8) is 0 Å². The highest BCUT2D eigenvalue weighted by molar-refractivity contribution is 5.81. The van der Waals surface area contributed by atoms with E-state index in [1.165, 1.54) is 6.07 Å². The number of para-hydroxylation sites is 1. The van der Waals surface area contributed by atoms with Gasteiger partial charge in [0, 0.05) is 29.5 Å². The van der Waals surface area contributed by atoms with Gasteiger partial charge in [-0.3, -0.25) is 4.79 Å². The molecule has 1 heterocycles. The maximum absolute atomic E-state index is 12.4. The molecule has 0 radical (unpaired) electrons. The molecule has 0 spiro atoms. The average Bonchev–Trinajstić information content (AvgIpc) is 2.48. The molecule has 0 aromatic heterocycles. The summed E-state index contributed by atoms with van der Waals surface area (Å²) in [7, 11) is 0. The maximum Gasteiger partial charge on any atom is 0.387 e. The van der Waals surface area contributed by atoms with Crippen molar-refractivity contribution in [3.05, 3.63) is 53.9 Å². The van der Waals surface area contributed by atoms with Crippen LogP contribution in [0.4, 0.5) is 8.78 Å². The van der Waals surface area contributed by atoms with Crippen molar-refractivity contribution in [1.29, 1.82) is 0 Å². The van der Waals surface area contributed by atoms with Crippen molar-refractivity contribution in [3.8, 4) is 5.75 Å². The molecule has 1 aromatic carbocycles. The van der Waals surface area contributed by atoms with E-state index in [0.29, 0.717) is 17.8 Å². The van der Waals surface area contributed by atoms with E-state index in [1.807, 2.05) is 18.4 Å². The van der Waals surface area contributed by atoms with Gasteiger partial charge in [0.15, 0.2) is 0 Å². The number of carbonyl (C=O) groups excluding carboxylic acids is 1. The summed E-state index contributed by atoms with van der Waals surface area (Å²) in [5, 5.41) is 2.79. The summed E-state index contributed by atoms with van der Waals surface area (Å²) in [4.78, 5) is 14.3. The molecule has 0 saturated heterocycles. The third-order valence-corrected chi connectivity index (χ3v) is 3.63. The highest BCUT2D eigenvalue weighted by Crippen LogP contribution is 2.21. The monoisotopic (exact) mass is 336 g/mol. The Kier molecular flexibility index (Phi) is 5.59. The van der Waals surface area contributed by atoms with E-state index < -0.39 is 6.61 Å². The third-order valence-electron chi connectivity index (χ3n) is 3.63. The molecule has 0 bridgehead atoms. The second-order valence-corrected chi connectivity index (χ2v) is 6.51. The van der Waals surface area contributed by atoms with Gasteiger partial charge in [0.1, 0.15) is 5.75 Å². The fourth-order valence-electron chi connectivity index (χ4n) is 2.33. The molecule has 130 valence electrons. The molecule has 1 N–H and O–H groups in total. The van der Waals surface area contributed by atoms with Crippen LogP contribution < -0.4 is 10.1 Å². The standard InChI is InChI=1S/C18H22F2N2O2/c1-18(2,3)22-10-8-14(9-11-22)21-16(23)12-13-6-4-5-7-15(13)24-17(19)20/h4-10,17H,11-12H2,1-3H3,(H,21,23). The van der Waals surface area contributed by atoms with Crippen LogP contribution in [0.1, 0.15) is 26.3 Å². The number of nitrogens with one attached hydrogen (secondary N) is 1. The first-order valence-corrected chi connectivity index (χ1v) is 7.73. The van der Waals surface area contributed by atoms with Crippen LogP contribution in [0.2, 0.25) is 0 Å². The molecule has 0 saturated carbocycles. The van der Waals surface area contributed by atoms with E-state index in [-0.39, 0.29) is 23.6 Å². The van der Waals surface area contributed by atoms with Gasteiger partial charge in [-0.05, 0) is 39.0 Å². The van der Waals surface area contributed by atoms with Crippen molar-refractivity contribution < 1.29 is 18.3 Å². The Bertz CT molecular complexity index is 649. The van der Waals surface area contributed by atoms with Crippen LogP contribution in [0.15, 0.2) is 48.3 Å². The Morgan fingerprint density at radius 3 is 2.62 bits per heavy atom. The molecule has 0 aliphatic carbocycles. The minimum atomic E-state index is -2.92. The van der Waals surface area contributed by atoms with Crippen molar-refractivity contribution in [2.24, 2.45) is 0 Å². The quantitative estimate of drug-likeness (QED) is 0.895. The van der Waals surface area contributed by atoms with E-state index >= 15 is 0 Å². The Labute approximate surface area is 140 Å². The molecule has 0 atom stereocenters. The van der Waals surface area contributed by atoms with Crippen LogP contribution in [-0.2, 0) is 11.2 Å². The molecule has 24 heavy (non-hydrogen) atoms. The molecule has 1 amide bonds. The van der Waals surface area contributed by atoms with Gasteiger partial charge >= 0.3 is 6.61 Å². The van der Waals surface area contributed by atoms with Gasteiger partial charge in [-0.25, -0.2) is 0 Å². The zero-order valence-electron chi connectivity index (χ0n) is 14.1. The minimum Gasteiger partial charge on any atom is -0.435 e. The number of amides is 1. The topological polar surface area (TPSA) is 41.6 Å². The lowest BCUT2D eigenvalue weighted by molar-refractivity contribution is -0.119. The average molecular weight is 336 g/mol. The first-order chi connectivity index (χ1) is 11.3. The van der Waals surface area contributed by atoms with Crippen molar-refractivity contribution in [2.45, 2.75) is 39.3 Å². The minimum absolute atomic E-state index is 0.00803. The van der Waals surface area contributed by atoms with Crippen LogP contribution in [0, 0.1) is 0 Å². The summed E-state index contributed by atoms with van der Waals surface area (Å²) in [6, 6.07) is 6.30. The summed E-state index contributed by atoms with van der Waals surface area (Å²) in [5.41, 5.74) is 1.13. The van der Waals surface area contributed by atoms with Crippen molar-refractivity contribution in [1.82, 2.24) is 10.2 Å². The number of halogens is 2. The van der Waals surface area contributed by atoms with Gasteiger partial charge in [-0.15, -0.1) is 0 Å². The largest absolute Gasteiger partial charge is 0.435 e. The maximum atomic E-state index is 12.4. The normalized spacial score (nSPS) is 14.6. The fourth-order valence-corrected chi connectivity index (χ4v) is 2.33. The second kappa shape index (κ2) is 7.47. The summed E-state index contributed by atoms with van der Waals surface area (Å²) in [5.74, 6) is -0.254. The molecule has 4 nitrogen and oxygen atoms in total. The van der Waals surface area contributed by atoms with Crippen LogP contribution >= 0.6 is 0 Å². The lowest BCUT2D eigenvalue weighted by atomic mass is 10.1. The first kappa shape index (κ1) is 18.0. The Morgan fingerprint density at radius 2 is 2.04 bits per heavy atom. The van der Waals surface area contributed by atoms with E-state index in [1.54, 1.807) is 18.2 Å². The van der Waals surface area contributed by atoms with Gasteiger partial charge < -0.3 is 15.0 Å². The van der Waals surface area contributed by atoms with E-state index in [9.17, 15) is 13.6 Å². The van der Waals surface area contributed by atoms with Crippen LogP contribution in [0.3, 0.4) is 0 Å². The van der Waals surface area contributed by atoms with E-state index in [4.69, 9.17) is 0 Å². The van der Waals surface area contributed by atoms with Crippen LogP contribution in [0.25, 0.3) is 0 Å². The molecule has 1 aromatic rings. The predicted octanol–water partition coefficient (Wildman–Crippen LogP) is 3.46. The Morgan fingerprint density at radius 1 is 1.33 bits per heavy atom. The Balaban J connectivity index is 1.96. The fraction of sp³-hybridized carbons (Fsp3) is 0.389. The molecule has 0 fully saturated rings. The Hall–Kier alpha value is -2.37. The molecule has 6 heteroatoms. The molecule has 1 aliphatic rings. The number of nitrogens with zero attached hydrogens (tertiary/aromatic N) is 1. The number of rotatable bonds is 5. The number of ether oxygens (including phenoxy) is 1. The molecule has 0 unspecified atom stereocenters. The number of hydrogen-bond donors (Lipinski definition) is 1. The van der Waals surface area contributed by atoms with E-state index in [2.05, 4.69) is 35.7 Å². The molecule has 1 aliphatic heterocycles. The summed E-state index contributed by atoms with van der Waals surface area (Å²) in [6.07, 6.45) is 5.65. The van der Waals surface area contributed by atoms with Crippen molar-refractivity contribution >= 4 is 5.91 Å². The molecule has 2 rings (SSSR count). The number of alkyl halides is 2. The summed E-state index contributed by atoms with van der Waals surface area (Å²) in [6.45, 7) is 4.10. The molecular weight excluding hydrogens is 314 g/mol. The van der Waals surface area contributed by atoms with Crippen LogP contribution in [0.5, 0.6) is 5.75 Å². The highest BCUT2D eigenvalue weighted by atomic mass is 19.3. The van der Waals surface area contributed by atoms with Gasteiger partial charge in [-0.2, -0.15) is 8.78 Å². The smallest absolute Gasteiger partial charge is 0.387 e. The number of carbonyl (C=O) groups is 1. The number of hydrogen-bond acceptors (Lipinski definition) is 3. The first-order valence-electron chi connectivity index (χ1n) is 7.73. The number of allylic oxidation sites excluding steroid dienone is 1. The van der Waals surface area contributed by atoms with E-state index in [0.717, 1.165) is 0 Å². The zero-order valence-corrected chi connectivity index (χ0v) is 14.1.